The van der Waals surface area contributed by atoms with Crippen LogP contribution >= 0.6 is 0 Å². The lowest BCUT2D eigenvalue weighted by Crippen LogP contribution is -1.96. The van der Waals surface area contributed by atoms with Crippen molar-refractivity contribution >= 4 is 0 Å². The number of rotatable bonds is 2. The number of hydrogen-bond acceptors (Lipinski definition) is 1. The summed E-state index contributed by atoms with van der Waals surface area (Å²) in [7, 11) is 0. The van der Waals surface area contributed by atoms with Crippen LogP contribution < -0.4 is 0 Å². The van der Waals surface area contributed by atoms with E-state index < -0.39 is 6.10 Å². The fraction of sp³-hybridized carbons (Fsp3) is 0.182. The molecule has 1 N–H and O–H groups in total. The van der Waals surface area contributed by atoms with Crippen molar-refractivity contribution in [3.63, 3.8) is 0 Å². The Hall–Kier alpha value is -1.30. The molecule has 0 fully saturated rings. The van der Waals surface area contributed by atoms with Crippen molar-refractivity contribution in [1.29, 1.82) is 0 Å². The molecular formula is C11H12O. The second-order valence-electron chi connectivity index (χ2n) is 2.67. The molecule has 1 heteroatoms. The quantitative estimate of drug-likeness (QED) is 0.659. The van der Waals surface area contributed by atoms with Crippen LogP contribution in [-0.4, -0.2) is 5.11 Å². The summed E-state index contributed by atoms with van der Waals surface area (Å²) in [4.78, 5) is 0. The topological polar surface area (TPSA) is 20.2 Å². The van der Waals surface area contributed by atoms with Crippen LogP contribution in [0.5, 0.6) is 0 Å². The van der Waals surface area contributed by atoms with Crippen molar-refractivity contribution < 1.29 is 5.11 Å². The lowest BCUT2D eigenvalue weighted by Gasteiger charge is -2.08. The molecule has 0 radical (unpaired) electrons. The summed E-state index contributed by atoms with van der Waals surface area (Å²) in [6.07, 6.45) is -0.566. The van der Waals surface area contributed by atoms with Gasteiger partial charge < -0.3 is 5.11 Å². The summed E-state index contributed by atoms with van der Waals surface area (Å²) in [5.74, 6) is 0. The van der Waals surface area contributed by atoms with Crippen molar-refractivity contribution in [1.82, 2.24) is 0 Å². The molecule has 0 aliphatic heterocycles. The average molecular weight is 160 g/mol. The van der Waals surface area contributed by atoms with Crippen molar-refractivity contribution in [3.8, 4) is 0 Å². The van der Waals surface area contributed by atoms with Crippen LogP contribution in [0.4, 0.5) is 0 Å². The van der Waals surface area contributed by atoms with Gasteiger partial charge in [0.25, 0.3) is 0 Å². The Kier molecular flexibility index (Phi) is 2.87. The molecule has 1 rings (SSSR count). The SMILES string of the molecule is C=C=C(C)[C@H](O)c1ccccc1. The molecule has 1 aromatic carbocycles. The monoisotopic (exact) mass is 160 g/mol. The molecule has 0 unspecified atom stereocenters. The van der Waals surface area contributed by atoms with E-state index in [4.69, 9.17) is 0 Å². The van der Waals surface area contributed by atoms with E-state index in [0.717, 1.165) is 11.1 Å². The van der Waals surface area contributed by atoms with Gasteiger partial charge in [0.15, 0.2) is 0 Å². The van der Waals surface area contributed by atoms with Gasteiger partial charge in [-0.2, -0.15) is 0 Å². The van der Waals surface area contributed by atoms with Crippen LogP contribution in [0.25, 0.3) is 0 Å². The molecule has 1 nitrogen and oxygen atoms in total. The Morgan fingerprint density at radius 3 is 2.50 bits per heavy atom. The third-order valence-corrected chi connectivity index (χ3v) is 1.80. The van der Waals surface area contributed by atoms with E-state index in [1.54, 1.807) is 0 Å². The summed E-state index contributed by atoms with van der Waals surface area (Å²) in [5, 5.41) is 9.65. The zero-order valence-corrected chi connectivity index (χ0v) is 7.12. The highest BCUT2D eigenvalue weighted by Crippen LogP contribution is 2.18. The van der Waals surface area contributed by atoms with Gasteiger partial charge in [-0.15, -0.1) is 5.73 Å². The molecule has 0 aromatic heterocycles. The fourth-order valence-electron chi connectivity index (χ4n) is 0.982. The number of aliphatic hydroxyl groups is 1. The molecule has 0 heterocycles. The van der Waals surface area contributed by atoms with Gasteiger partial charge in [0, 0.05) is 5.57 Å². The van der Waals surface area contributed by atoms with Gasteiger partial charge in [0.1, 0.15) is 6.10 Å². The standard InChI is InChI=1S/C11H12O/c1-3-9(2)11(12)10-7-5-4-6-8-10/h4-8,11-12H,1H2,2H3/t11-/m0/s1. The molecule has 1 atom stereocenters. The van der Waals surface area contributed by atoms with Gasteiger partial charge in [-0.25, -0.2) is 0 Å². The first-order valence-corrected chi connectivity index (χ1v) is 3.85. The van der Waals surface area contributed by atoms with Gasteiger partial charge in [-0.3, -0.25) is 0 Å². The molecule has 0 saturated carbocycles. The molecule has 0 spiro atoms. The van der Waals surface area contributed by atoms with E-state index >= 15 is 0 Å². The average Bonchev–Trinajstić information content (AvgIpc) is 2.17. The molecule has 0 bridgehead atoms. The van der Waals surface area contributed by atoms with Crippen LogP contribution in [-0.2, 0) is 0 Å². The zero-order chi connectivity index (χ0) is 8.97. The van der Waals surface area contributed by atoms with Crippen molar-refractivity contribution in [3.05, 3.63) is 53.8 Å². The van der Waals surface area contributed by atoms with E-state index in [0.29, 0.717) is 0 Å². The maximum absolute atomic E-state index is 9.65. The predicted octanol–water partition coefficient (Wildman–Crippen LogP) is 2.45. The smallest absolute Gasteiger partial charge is 0.107 e. The lowest BCUT2D eigenvalue weighted by atomic mass is 10.0. The Balaban J connectivity index is 2.93. The van der Waals surface area contributed by atoms with Crippen LogP contribution in [0.2, 0.25) is 0 Å². The van der Waals surface area contributed by atoms with Gasteiger partial charge in [0.2, 0.25) is 0 Å². The predicted molar refractivity (Wildman–Crippen MR) is 49.7 cm³/mol. The highest BCUT2D eigenvalue weighted by atomic mass is 16.3. The Labute approximate surface area is 72.7 Å². The summed E-state index contributed by atoms with van der Waals surface area (Å²) < 4.78 is 0. The first-order chi connectivity index (χ1) is 5.75. The van der Waals surface area contributed by atoms with Crippen molar-refractivity contribution in [2.45, 2.75) is 13.0 Å². The summed E-state index contributed by atoms with van der Waals surface area (Å²) >= 11 is 0. The maximum Gasteiger partial charge on any atom is 0.107 e. The molecule has 0 aliphatic rings. The first-order valence-electron chi connectivity index (χ1n) is 3.85. The van der Waals surface area contributed by atoms with E-state index in [9.17, 15) is 5.11 Å². The lowest BCUT2D eigenvalue weighted by molar-refractivity contribution is 0.216. The minimum atomic E-state index is -0.566. The van der Waals surface area contributed by atoms with Crippen LogP contribution in [0, 0.1) is 0 Å². The molecule has 0 saturated heterocycles. The third kappa shape index (κ3) is 1.85. The molecule has 62 valence electrons. The van der Waals surface area contributed by atoms with Gasteiger partial charge in [-0.05, 0) is 12.5 Å². The van der Waals surface area contributed by atoms with E-state index in [2.05, 4.69) is 12.3 Å². The fourth-order valence-corrected chi connectivity index (χ4v) is 0.982. The molecular weight excluding hydrogens is 148 g/mol. The van der Waals surface area contributed by atoms with Gasteiger partial charge in [0.05, 0.1) is 0 Å². The van der Waals surface area contributed by atoms with Gasteiger partial charge >= 0.3 is 0 Å². The van der Waals surface area contributed by atoms with E-state index in [-0.39, 0.29) is 0 Å². The second kappa shape index (κ2) is 3.91. The van der Waals surface area contributed by atoms with Crippen molar-refractivity contribution in [2.75, 3.05) is 0 Å². The van der Waals surface area contributed by atoms with Crippen LogP contribution in [0.1, 0.15) is 18.6 Å². The normalized spacial score (nSPS) is 11.8. The first kappa shape index (κ1) is 8.79. The highest BCUT2D eigenvalue weighted by Gasteiger charge is 2.06. The Morgan fingerprint density at radius 1 is 1.42 bits per heavy atom. The number of benzene rings is 1. The van der Waals surface area contributed by atoms with Crippen LogP contribution in [0.3, 0.4) is 0 Å². The van der Waals surface area contributed by atoms with E-state index in [1.165, 1.54) is 0 Å². The zero-order valence-electron chi connectivity index (χ0n) is 7.12. The molecule has 0 aliphatic carbocycles. The number of hydrogen-bond donors (Lipinski definition) is 1. The molecule has 12 heavy (non-hydrogen) atoms. The summed E-state index contributed by atoms with van der Waals surface area (Å²) in [6.45, 7) is 5.30. The van der Waals surface area contributed by atoms with E-state index in [1.807, 2.05) is 37.3 Å². The minimum Gasteiger partial charge on any atom is -0.383 e. The van der Waals surface area contributed by atoms with Crippen LogP contribution in [0.15, 0.2) is 48.2 Å². The Morgan fingerprint density at radius 2 is 2.00 bits per heavy atom. The van der Waals surface area contributed by atoms with Gasteiger partial charge in [-0.1, -0.05) is 36.9 Å². The number of aliphatic hydroxyl groups excluding tert-OH is 1. The van der Waals surface area contributed by atoms with Crippen molar-refractivity contribution in [2.24, 2.45) is 0 Å². The molecule has 0 amide bonds. The summed E-state index contributed by atoms with van der Waals surface area (Å²) in [6, 6.07) is 9.48. The molecule has 1 aromatic rings. The highest BCUT2D eigenvalue weighted by molar-refractivity contribution is 5.24. The second-order valence-corrected chi connectivity index (χ2v) is 2.67. The largest absolute Gasteiger partial charge is 0.383 e. The third-order valence-electron chi connectivity index (χ3n) is 1.80. The maximum atomic E-state index is 9.65. The Bertz CT molecular complexity index is 294. The minimum absolute atomic E-state index is 0.566. The summed E-state index contributed by atoms with van der Waals surface area (Å²) in [5.41, 5.74) is 4.31.